The Balaban J connectivity index is 1.18. The van der Waals surface area contributed by atoms with Gasteiger partial charge in [-0.3, -0.25) is 9.80 Å². The van der Waals surface area contributed by atoms with Gasteiger partial charge in [0.05, 0.1) is 0 Å². The van der Waals surface area contributed by atoms with Crippen molar-refractivity contribution in [3.8, 4) is 11.8 Å². The van der Waals surface area contributed by atoms with Gasteiger partial charge in [-0.05, 0) is 68.1 Å². The lowest BCUT2D eigenvalue weighted by Gasteiger charge is -2.33. The van der Waals surface area contributed by atoms with Crippen LogP contribution in [-0.4, -0.2) is 88.7 Å². The zero-order chi connectivity index (χ0) is 27.4. The number of hydrogen-bond donors (Lipinski definition) is 0. The van der Waals surface area contributed by atoms with Gasteiger partial charge in [-0.15, -0.1) is 0 Å². The van der Waals surface area contributed by atoms with E-state index in [1.54, 1.807) is 6.20 Å². The number of aromatic nitrogens is 3. The maximum Gasteiger partial charge on any atom is 0.234 e. The van der Waals surface area contributed by atoms with Crippen LogP contribution in [0.15, 0.2) is 36.5 Å². The van der Waals surface area contributed by atoms with Gasteiger partial charge < -0.3 is 14.2 Å². The third kappa shape index (κ3) is 7.16. The van der Waals surface area contributed by atoms with Gasteiger partial charge in [0.2, 0.25) is 5.82 Å². The van der Waals surface area contributed by atoms with Crippen LogP contribution in [0.5, 0.6) is 5.75 Å². The number of ether oxygens (including phenoxy) is 1. The van der Waals surface area contributed by atoms with Crippen LogP contribution in [-0.2, 0) is 13.1 Å². The van der Waals surface area contributed by atoms with E-state index in [-0.39, 0.29) is 11.2 Å². The molecule has 39 heavy (non-hydrogen) atoms. The number of likely N-dealkylation sites (tertiary alicyclic amines) is 1. The van der Waals surface area contributed by atoms with Crippen molar-refractivity contribution in [3.05, 3.63) is 53.6 Å². The quantitative estimate of drug-likeness (QED) is 0.429. The first-order valence-corrected chi connectivity index (χ1v) is 14.4. The van der Waals surface area contributed by atoms with Gasteiger partial charge in [-0.1, -0.05) is 32.9 Å². The zero-order valence-electron chi connectivity index (χ0n) is 24.1. The second-order valence-electron chi connectivity index (χ2n) is 12.5. The first kappa shape index (κ1) is 27.6. The highest BCUT2D eigenvalue weighted by atomic mass is 16.5. The molecule has 0 unspecified atom stereocenters. The van der Waals surface area contributed by atoms with Crippen LogP contribution in [0.4, 0.5) is 0 Å². The number of rotatable bonds is 8. The lowest BCUT2D eigenvalue weighted by molar-refractivity contribution is 0.133. The molecule has 0 saturated carbocycles. The Morgan fingerprint density at radius 2 is 1.79 bits per heavy atom. The van der Waals surface area contributed by atoms with Gasteiger partial charge in [-0.25, -0.2) is 9.97 Å². The van der Waals surface area contributed by atoms with Gasteiger partial charge in [0.25, 0.3) is 0 Å². The molecule has 0 amide bonds. The van der Waals surface area contributed by atoms with E-state index in [2.05, 4.69) is 93.5 Å². The minimum atomic E-state index is 0.100. The molecule has 2 aliphatic heterocycles. The normalized spacial score (nSPS) is 18.4. The van der Waals surface area contributed by atoms with Crippen LogP contribution >= 0.6 is 0 Å². The van der Waals surface area contributed by atoms with E-state index in [9.17, 15) is 5.26 Å². The van der Waals surface area contributed by atoms with Crippen molar-refractivity contribution in [3.63, 3.8) is 0 Å². The summed E-state index contributed by atoms with van der Waals surface area (Å²) in [4.78, 5) is 16.2. The Labute approximate surface area is 233 Å². The summed E-state index contributed by atoms with van der Waals surface area (Å²) in [6.07, 6.45) is 4.07. The van der Waals surface area contributed by atoms with Gasteiger partial charge in [0.1, 0.15) is 24.1 Å². The highest BCUT2D eigenvalue weighted by Gasteiger charge is 2.24. The minimum absolute atomic E-state index is 0.100. The number of nitrogens with zero attached hydrogens (tertiary/aromatic N) is 7. The van der Waals surface area contributed by atoms with Crippen molar-refractivity contribution in [2.45, 2.75) is 52.6 Å². The van der Waals surface area contributed by atoms with E-state index in [4.69, 9.17) is 4.74 Å². The molecule has 0 N–H and O–H groups in total. The molecule has 3 aromatic rings. The number of benzene rings is 1. The summed E-state index contributed by atoms with van der Waals surface area (Å²) >= 11 is 0. The van der Waals surface area contributed by atoms with Crippen LogP contribution in [0.25, 0.3) is 11.0 Å². The number of piperidine rings is 1. The van der Waals surface area contributed by atoms with Crippen LogP contribution in [0.3, 0.4) is 0 Å². The third-order valence-electron chi connectivity index (χ3n) is 8.03. The maximum absolute atomic E-state index is 9.33. The molecule has 4 heterocycles. The molecule has 5 rings (SSSR count). The largest absolute Gasteiger partial charge is 0.492 e. The van der Waals surface area contributed by atoms with Gasteiger partial charge in [-0.2, -0.15) is 5.26 Å². The molecule has 1 aromatic carbocycles. The van der Waals surface area contributed by atoms with E-state index in [0.717, 1.165) is 95.1 Å². The molecule has 8 heteroatoms. The number of likely N-dealkylation sites (N-methyl/N-ethyl adjacent to an activating group) is 1. The number of hydrogen-bond acceptors (Lipinski definition) is 7. The average molecular weight is 530 g/mol. The van der Waals surface area contributed by atoms with E-state index in [1.165, 1.54) is 11.3 Å². The Hall–Kier alpha value is -2.99. The van der Waals surface area contributed by atoms with Gasteiger partial charge >= 0.3 is 0 Å². The van der Waals surface area contributed by atoms with Crippen LogP contribution in [0.1, 0.15) is 56.6 Å². The monoisotopic (exact) mass is 529 g/mol. The summed E-state index contributed by atoms with van der Waals surface area (Å²) in [5.41, 5.74) is 3.61. The molecular formula is C31H43N7O. The molecule has 2 aliphatic rings. The topological polar surface area (TPSA) is 73.5 Å². The third-order valence-corrected chi connectivity index (χ3v) is 8.03. The maximum atomic E-state index is 9.33. The lowest BCUT2D eigenvalue weighted by Crippen LogP contribution is -2.45. The van der Waals surface area contributed by atoms with Crippen molar-refractivity contribution in [1.29, 1.82) is 5.26 Å². The summed E-state index contributed by atoms with van der Waals surface area (Å²) in [5, 5.41) is 10.3. The molecule has 208 valence electrons. The van der Waals surface area contributed by atoms with Crippen molar-refractivity contribution in [1.82, 2.24) is 29.2 Å². The van der Waals surface area contributed by atoms with E-state index >= 15 is 0 Å². The molecule has 0 atom stereocenters. The standard InChI is InChI=1S/C31H43N7O/c1-31(2,3)23-38-27(18-26-21-33-29(20-32)34-30(26)38)22-37-10-8-24(9-11-37)25-6-5-7-28(19-25)39-17-16-36-14-12-35(4)13-15-36/h5-7,18-19,21,24H,8-17,22-23H2,1-4H3. The summed E-state index contributed by atoms with van der Waals surface area (Å²) < 4.78 is 8.46. The molecule has 0 radical (unpaired) electrons. The minimum Gasteiger partial charge on any atom is -0.492 e. The Morgan fingerprint density at radius 3 is 2.51 bits per heavy atom. The molecule has 0 spiro atoms. The zero-order valence-corrected chi connectivity index (χ0v) is 24.1. The van der Waals surface area contributed by atoms with Crippen molar-refractivity contribution in [2.24, 2.45) is 5.41 Å². The summed E-state index contributed by atoms with van der Waals surface area (Å²) in [6.45, 7) is 16.9. The molecular weight excluding hydrogens is 486 g/mol. The van der Waals surface area contributed by atoms with Gasteiger partial charge in [0, 0.05) is 63.1 Å². The van der Waals surface area contributed by atoms with Crippen LogP contribution < -0.4 is 4.74 Å². The summed E-state index contributed by atoms with van der Waals surface area (Å²) in [6, 6.07) is 13.1. The van der Waals surface area contributed by atoms with E-state index < -0.39 is 0 Å². The fourth-order valence-corrected chi connectivity index (χ4v) is 5.81. The number of nitriles is 1. The average Bonchev–Trinajstić information content (AvgIpc) is 3.25. The predicted molar refractivity (Wildman–Crippen MR) is 155 cm³/mol. The smallest absolute Gasteiger partial charge is 0.234 e. The molecule has 2 fully saturated rings. The Kier molecular flexibility index (Phi) is 8.51. The van der Waals surface area contributed by atoms with Crippen molar-refractivity contribution < 1.29 is 4.74 Å². The van der Waals surface area contributed by atoms with Crippen molar-refractivity contribution in [2.75, 3.05) is 59.5 Å². The first-order valence-electron chi connectivity index (χ1n) is 14.4. The molecule has 2 saturated heterocycles. The number of fused-ring (bicyclic) bond motifs is 1. The van der Waals surface area contributed by atoms with Crippen molar-refractivity contribution >= 4 is 11.0 Å². The Bertz CT molecular complexity index is 1290. The molecule has 8 nitrogen and oxygen atoms in total. The van der Waals surface area contributed by atoms with Gasteiger partial charge in [0.15, 0.2) is 0 Å². The lowest BCUT2D eigenvalue weighted by atomic mass is 9.89. The highest BCUT2D eigenvalue weighted by Crippen LogP contribution is 2.32. The molecule has 2 aromatic heterocycles. The molecule has 0 bridgehead atoms. The summed E-state index contributed by atoms with van der Waals surface area (Å²) in [5.74, 6) is 1.79. The van der Waals surface area contributed by atoms with Crippen LogP contribution in [0.2, 0.25) is 0 Å². The highest BCUT2D eigenvalue weighted by molar-refractivity contribution is 5.77. The first-order chi connectivity index (χ1) is 18.8. The fraction of sp³-hybridized carbons (Fsp3) is 0.581. The summed E-state index contributed by atoms with van der Waals surface area (Å²) in [7, 11) is 2.19. The number of piperazine rings is 1. The van der Waals surface area contributed by atoms with E-state index in [1.807, 2.05) is 0 Å². The molecule has 0 aliphatic carbocycles. The second kappa shape index (κ2) is 12.0. The van der Waals surface area contributed by atoms with E-state index in [0.29, 0.717) is 5.92 Å². The Morgan fingerprint density at radius 1 is 1.03 bits per heavy atom. The van der Waals surface area contributed by atoms with Crippen LogP contribution in [0, 0.1) is 16.7 Å². The predicted octanol–water partition coefficient (Wildman–Crippen LogP) is 4.35. The second-order valence-corrected chi connectivity index (χ2v) is 12.5. The fourth-order valence-electron chi connectivity index (χ4n) is 5.81. The SMILES string of the molecule is CN1CCN(CCOc2cccc(C3CCN(Cc4cc5cnc(C#N)nc5n4CC(C)(C)C)CC3)c2)CC1.